The van der Waals surface area contributed by atoms with Gasteiger partial charge in [0, 0.05) is 5.54 Å². The molecule has 1 fully saturated rings. The monoisotopic (exact) mass is 203 g/mol. The minimum atomic E-state index is -0.0408. The van der Waals surface area contributed by atoms with Gasteiger partial charge in [-0.05, 0) is 29.9 Å². The first-order valence-electron chi connectivity index (χ1n) is 6.02. The van der Waals surface area contributed by atoms with Gasteiger partial charge in [-0.25, -0.2) is 0 Å². The summed E-state index contributed by atoms with van der Waals surface area (Å²) in [6, 6.07) is 8.69. The van der Waals surface area contributed by atoms with Crippen LogP contribution in [0.1, 0.15) is 56.6 Å². The number of rotatable bonds is 2. The summed E-state index contributed by atoms with van der Waals surface area (Å²) in [4.78, 5) is 0. The maximum absolute atomic E-state index is 6.52. The molecule has 0 saturated heterocycles. The van der Waals surface area contributed by atoms with E-state index in [4.69, 9.17) is 5.73 Å². The third-order valence-corrected chi connectivity index (χ3v) is 3.61. The Kier molecular flexibility index (Phi) is 2.83. The Morgan fingerprint density at radius 1 is 1.13 bits per heavy atom. The molecule has 0 aliphatic heterocycles. The molecule has 15 heavy (non-hydrogen) atoms. The fourth-order valence-corrected chi connectivity index (χ4v) is 2.73. The van der Waals surface area contributed by atoms with E-state index >= 15 is 0 Å². The van der Waals surface area contributed by atoms with E-state index in [1.807, 2.05) is 0 Å². The van der Waals surface area contributed by atoms with E-state index in [1.54, 1.807) is 0 Å². The highest BCUT2D eigenvalue weighted by atomic mass is 14.8. The van der Waals surface area contributed by atoms with Crippen LogP contribution < -0.4 is 5.73 Å². The van der Waals surface area contributed by atoms with E-state index in [2.05, 4.69) is 38.1 Å². The fourth-order valence-electron chi connectivity index (χ4n) is 2.73. The Morgan fingerprint density at radius 2 is 1.73 bits per heavy atom. The highest BCUT2D eigenvalue weighted by Crippen LogP contribution is 2.39. The SMILES string of the molecule is CC(C)c1ccccc1C1(N)CCCC1. The molecule has 82 valence electrons. The lowest BCUT2D eigenvalue weighted by Crippen LogP contribution is -2.34. The predicted octanol–water partition coefficient (Wildman–Crippen LogP) is 3.54. The van der Waals surface area contributed by atoms with Gasteiger partial charge in [-0.1, -0.05) is 51.0 Å². The molecule has 1 aromatic carbocycles. The third kappa shape index (κ3) is 1.93. The van der Waals surface area contributed by atoms with Crippen molar-refractivity contribution < 1.29 is 0 Å². The van der Waals surface area contributed by atoms with Crippen molar-refractivity contribution in [2.24, 2.45) is 5.73 Å². The van der Waals surface area contributed by atoms with Gasteiger partial charge in [-0.15, -0.1) is 0 Å². The van der Waals surface area contributed by atoms with E-state index < -0.39 is 0 Å². The summed E-state index contributed by atoms with van der Waals surface area (Å²) in [5, 5.41) is 0. The van der Waals surface area contributed by atoms with Crippen molar-refractivity contribution in [3.63, 3.8) is 0 Å². The molecule has 2 N–H and O–H groups in total. The molecule has 0 unspecified atom stereocenters. The summed E-state index contributed by atoms with van der Waals surface area (Å²) in [6.45, 7) is 4.49. The molecule has 1 nitrogen and oxygen atoms in total. The Hall–Kier alpha value is -0.820. The zero-order valence-corrected chi connectivity index (χ0v) is 9.79. The van der Waals surface area contributed by atoms with Crippen LogP contribution in [0.25, 0.3) is 0 Å². The minimum Gasteiger partial charge on any atom is -0.321 e. The molecule has 1 aromatic rings. The van der Waals surface area contributed by atoms with Crippen LogP contribution in [0.4, 0.5) is 0 Å². The second-order valence-corrected chi connectivity index (χ2v) is 5.11. The van der Waals surface area contributed by atoms with Crippen molar-refractivity contribution in [2.75, 3.05) is 0 Å². The largest absolute Gasteiger partial charge is 0.321 e. The number of benzene rings is 1. The second kappa shape index (κ2) is 3.97. The second-order valence-electron chi connectivity index (χ2n) is 5.11. The van der Waals surface area contributed by atoms with Gasteiger partial charge < -0.3 is 5.73 Å². The molecule has 0 amide bonds. The van der Waals surface area contributed by atoms with E-state index in [1.165, 1.54) is 24.0 Å². The highest BCUT2D eigenvalue weighted by Gasteiger charge is 2.33. The van der Waals surface area contributed by atoms with Crippen molar-refractivity contribution >= 4 is 0 Å². The normalized spacial score (nSPS) is 19.7. The van der Waals surface area contributed by atoms with E-state index in [0.29, 0.717) is 5.92 Å². The zero-order valence-electron chi connectivity index (χ0n) is 9.79. The average Bonchev–Trinajstić information content (AvgIpc) is 2.66. The maximum Gasteiger partial charge on any atom is 0.0412 e. The van der Waals surface area contributed by atoms with Crippen molar-refractivity contribution in [1.82, 2.24) is 0 Å². The van der Waals surface area contributed by atoms with Gasteiger partial charge in [0.2, 0.25) is 0 Å². The van der Waals surface area contributed by atoms with Crippen LogP contribution >= 0.6 is 0 Å². The van der Waals surface area contributed by atoms with Crippen LogP contribution in [0.5, 0.6) is 0 Å². The summed E-state index contributed by atoms with van der Waals surface area (Å²) in [7, 11) is 0. The molecule has 1 aliphatic carbocycles. The molecule has 0 atom stereocenters. The topological polar surface area (TPSA) is 26.0 Å². The molecule has 0 heterocycles. The first kappa shape index (κ1) is 10.7. The van der Waals surface area contributed by atoms with Gasteiger partial charge in [0.1, 0.15) is 0 Å². The molecular formula is C14H21N. The fraction of sp³-hybridized carbons (Fsp3) is 0.571. The zero-order chi connectivity index (χ0) is 10.9. The summed E-state index contributed by atoms with van der Waals surface area (Å²) in [5.41, 5.74) is 9.30. The van der Waals surface area contributed by atoms with Gasteiger partial charge in [-0.3, -0.25) is 0 Å². The summed E-state index contributed by atoms with van der Waals surface area (Å²) >= 11 is 0. The maximum atomic E-state index is 6.52. The lowest BCUT2D eigenvalue weighted by molar-refractivity contribution is 0.455. The Morgan fingerprint density at radius 3 is 2.33 bits per heavy atom. The van der Waals surface area contributed by atoms with Crippen LogP contribution in [0.3, 0.4) is 0 Å². The molecule has 0 aromatic heterocycles. The van der Waals surface area contributed by atoms with Crippen molar-refractivity contribution in [1.29, 1.82) is 0 Å². The summed E-state index contributed by atoms with van der Waals surface area (Å²) in [5.74, 6) is 0.572. The van der Waals surface area contributed by atoms with Crippen LogP contribution in [0.15, 0.2) is 24.3 Å². The van der Waals surface area contributed by atoms with Gasteiger partial charge in [0.15, 0.2) is 0 Å². The van der Waals surface area contributed by atoms with Gasteiger partial charge >= 0.3 is 0 Å². The lowest BCUT2D eigenvalue weighted by Gasteiger charge is -2.28. The first-order chi connectivity index (χ1) is 7.13. The van der Waals surface area contributed by atoms with Gasteiger partial charge in [-0.2, -0.15) is 0 Å². The smallest absolute Gasteiger partial charge is 0.0412 e. The molecule has 1 aliphatic rings. The molecular weight excluding hydrogens is 182 g/mol. The molecule has 0 bridgehead atoms. The summed E-state index contributed by atoms with van der Waals surface area (Å²) < 4.78 is 0. The number of hydrogen-bond donors (Lipinski definition) is 1. The molecule has 0 radical (unpaired) electrons. The Bertz CT molecular complexity index is 335. The standard InChI is InChI=1S/C14H21N/c1-11(2)12-7-3-4-8-13(12)14(15)9-5-6-10-14/h3-4,7-8,11H,5-6,9-10,15H2,1-2H3. The quantitative estimate of drug-likeness (QED) is 0.781. The number of hydrogen-bond acceptors (Lipinski definition) is 1. The van der Waals surface area contributed by atoms with Gasteiger partial charge in [0.05, 0.1) is 0 Å². The van der Waals surface area contributed by atoms with E-state index in [0.717, 1.165) is 12.8 Å². The predicted molar refractivity (Wildman–Crippen MR) is 64.9 cm³/mol. The van der Waals surface area contributed by atoms with Crippen molar-refractivity contribution in [3.05, 3.63) is 35.4 Å². The number of nitrogens with two attached hydrogens (primary N) is 1. The van der Waals surface area contributed by atoms with Crippen molar-refractivity contribution in [3.8, 4) is 0 Å². The highest BCUT2D eigenvalue weighted by molar-refractivity contribution is 5.36. The first-order valence-corrected chi connectivity index (χ1v) is 6.02. The Labute approximate surface area is 92.7 Å². The van der Waals surface area contributed by atoms with Gasteiger partial charge in [0.25, 0.3) is 0 Å². The molecule has 1 saturated carbocycles. The van der Waals surface area contributed by atoms with E-state index in [9.17, 15) is 0 Å². The lowest BCUT2D eigenvalue weighted by atomic mass is 9.83. The van der Waals surface area contributed by atoms with Crippen molar-refractivity contribution in [2.45, 2.75) is 51.0 Å². The van der Waals surface area contributed by atoms with Crippen LogP contribution in [0.2, 0.25) is 0 Å². The van der Waals surface area contributed by atoms with Crippen LogP contribution in [0, 0.1) is 0 Å². The minimum absolute atomic E-state index is 0.0408. The Balaban J connectivity index is 2.42. The molecule has 0 spiro atoms. The molecule has 1 heteroatoms. The van der Waals surface area contributed by atoms with Crippen LogP contribution in [-0.2, 0) is 5.54 Å². The van der Waals surface area contributed by atoms with E-state index in [-0.39, 0.29) is 5.54 Å². The van der Waals surface area contributed by atoms with Crippen LogP contribution in [-0.4, -0.2) is 0 Å². The third-order valence-electron chi connectivity index (χ3n) is 3.61. The average molecular weight is 203 g/mol. The summed E-state index contributed by atoms with van der Waals surface area (Å²) in [6.07, 6.45) is 4.86. The molecule has 2 rings (SSSR count).